The fourth-order valence-corrected chi connectivity index (χ4v) is 2.31. The predicted octanol–water partition coefficient (Wildman–Crippen LogP) is 1.24. The Morgan fingerprint density at radius 2 is 1.92 bits per heavy atom. The standard InChI is InChI=1S/C14H10FN5O5/c1-18-13(7-5-9(20(24)25)12(22)10(21)6-7)16-17-14(18)8-3-2-4-11(15)19(8)23/h2-6,21-22H,1H3. The van der Waals surface area contributed by atoms with Crippen LogP contribution in [0, 0.1) is 21.3 Å². The Morgan fingerprint density at radius 1 is 1.24 bits per heavy atom. The van der Waals surface area contributed by atoms with E-state index in [2.05, 4.69) is 10.2 Å². The van der Waals surface area contributed by atoms with Gasteiger partial charge in [0.25, 0.3) is 5.69 Å². The number of phenols is 2. The van der Waals surface area contributed by atoms with Crippen molar-refractivity contribution in [2.75, 3.05) is 0 Å². The molecule has 3 rings (SSSR count). The van der Waals surface area contributed by atoms with E-state index in [0.717, 1.165) is 18.2 Å². The van der Waals surface area contributed by atoms with Crippen LogP contribution in [0.1, 0.15) is 0 Å². The minimum absolute atomic E-state index is 0.0136. The maximum Gasteiger partial charge on any atom is 0.371 e. The minimum atomic E-state index is -1.03. The number of nitro groups is 1. The molecule has 25 heavy (non-hydrogen) atoms. The van der Waals surface area contributed by atoms with Crippen molar-refractivity contribution in [3.8, 4) is 34.4 Å². The van der Waals surface area contributed by atoms with Gasteiger partial charge in [0.05, 0.1) is 4.92 Å². The highest BCUT2D eigenvalue weighted by molar-refractivity contribution is 5.69. The molecule has 0 unspecified atom stereocenters. The molecule has 0 spiro atoms. The molecule has 3 aromatic rings. The predicted molar refractivity (Wildman–Crippen MR) is 80.8 cm³/mol. The lowest BCUT2D eigenvalue weighted by Gasteiger charge is -2.06. The molecule has 0 aliphatic heterocycles. The van der Waals surface area contributed by atoms with Crippen molar-refractivity contribution in [1.82, 2.24) is 14.8 Å². The zero-order chi connectivity index (χ0) is 18.3. The van der Waals surface area contributed by atoms with Crippen molar-refractivity contribution in [1.29, 1.82) is 0 Å². The number of rotatable bonds is 3. The first-order valence-electron chi connectivity index (χ1n) is 6.80. The van der Waals surface area contributed by atoms with Gasteiger partial charge in [-0.25, -0.2) is 0 Å². The third-order valence-electron chi connectivity index (χ3n) is 3.53. The normalized spacial score (nSPS) is 10.8. The lowest BCUT2D eigenvalue weighted by Crippen LogP contribution is -2.34. The molecule has 0 fully saturated rings. The maximum atomic E-state index is 13.4. The number of halogens is 1. The number of aromatic nitrogens is 4. The first-order valence-corrected chi connectivity index (χ1v) is 6.80. The van der Waals surface area contributed by atoms with Crippen LogP contribution in [0.5, 0.6) is 11.5 Å². The number of phenolic OH excluding ortho intramolecular Hbond substituents is 2. The van der Waals surface area contributed by atoms with Crippen molar-refractivity contribution in [2.24, 2.45) is 7.05 Å². The number of aromatic hydroxyl groups is 2. The number of hydrogen-bond donors (Lipinski definition) is 2. The summed E-state index contributed by atoms with van der Waals surface area (Å²) in [5.41, 5.74) is -0.750. The molecule has 2 aromatic heterocycles. The smallest absolute Gasteiger partial charge is 0.371 e. The summed E-state index contributed by atoms with van der Waals surface area (Å²) in [6, 6.07) is 5.70. The molecule has 0 atom stereocenters. The van der Waals surface area contributed by atoms with Gasteiger partial charge in [-0.15, -0.1) is 19.3 Å². The van der Waals surface area contributed by atoms with Crippen molar-refractivity contribution in [3.05, 3.63) is 51.6 Å². The highest BCUT2D eigenvalue weighted by Gasteiger charge is 2.24. The van der Waals surface area contributed by atoms with Gasteiger partial charge in [-0.2, -0.15) is 0 Å². The molecule has 11 heteroatoms. The minimum Gasteiger partial charge on any atom is -0.616 e. The van der Waals surface area contributed by atoms with E-state index in [4.69, 9.17) is 0 Å². The summed E-state index contributed by atoms with van der Waals surface area (Å²) in [6.45, 7) is 0. The molecule has 10 nitrogen and oxygen atoms in total. The van der Waals surface area contributed by atoms with E-state index in [9.17, 15) is 29.9 Å². The van der Waals surface area contributed by atoms with E-state index in [-0.39, 0.29) is 27.6 Å². The third kappa shape index (κ3) is 2.56. The summed E-state index contributed by atoms with van der Waals surface area (Å²) in [4.78, 5) is 10.1. The lowest BCUT2D eigenvalue weighted by molar-refractivity contribution is -0.626. The molecule has 0 bridgehead atoms. The number of benzene rings is 1. The number of nitro benzene ring substituents is 1. The van der Waals surface area contributed by atoms with Gasteiger partial charge in [0.1, 0.15) is 0 Å². The second-order valence-corrected chi connectivity index (χ2v) is 5.05. The van der Waals surface area contributed by atoms with Crippen LogP contribution in [-0.4, -0.2) is 29.9 Å². The monoisotopic (exact) mass is 347 g/mol. The van der Waals surface area contributed by atoms with Crippen LogP contribution < -0.4 is 4.73 Å². The molecule has 2 N–H and O–H groups in total. The van der Waals surface area contributed by atoms with E-state index in [1.165, 1.54) is 23.7 Å². The molecule has 0 amide bonds. The Balaban J connectivity index is 2.17. The second kappa shape index (κ2) is 5.70. The summed E-state index contributed by atoms with van der Waals surface area (Å²) < 4.78 is 14.8. The first-order chi connectivity index (χ1) is 11.8. The Labute approximate surface area is 138 Å². The molecule has 1 aromatic carbocycles. The average molecular weight is 347 g/mol. The van der Waals surface area contributed by atoms with E-state index in [0.29, 0.717) is 0 Å². The van der Waals surface area contributed by atoms with Crippen LogP contribution in [0.3, 0.4) is 0 Å². The molecule has 128 valence electrons. The Hall–Kier alpha value is -3.76. The van der Waals surface area contributed by atoms with Crippen LogP contribution in [-0.2, 0) is 7.05 Å². The summed E-state index contributed by atoms with van der Waals surface area (Å²) in [7, 11) is 1.46. The SMILES string of the molecule is Cn1c(-c2cc(O)c(O)c([N+](=O)[O-])c2)nnc1-c1cccc(F)[n+]1[O-]. The summed E-state index contributed by atoms with van der Waals surface area (Å²) >= 11 is 0. The zero-order valence-electron chi connectivity index (χ0n) is 12.6. The van der Waals surface area contributed by atoms with Crippen molar-refractivity contribution in [3.63, 3.8) is 0 Å². The summed E-state index contributed by atoms with van der Waals surface area (Å²) in [5.74, 6) is -2.53. The number of nitrogens with zero attached hydrogens (tertiary/aromatic N) is 5. The van der Waals surface area contributed by atoms with Crippen LogP contribution in [0.4, 0.5) is 10.1 Å². The van der Waals surface area contributed by atoms with E-state index >= 15 is 0 Å². The Kier molecular flexibility index (Phi) is 3.68. The molecule has 2 heterocycles. The van der Waals surface area contributed by atoms with Crippen molar-refractivity contribution in [2.45, 2.75) is 0 Å². The van der Waals surface area contributed by atoms with Gasteiger partial charge >= 0.3 is 11.6 Å². The first kappa shape index (κ1) is 16.1. The fraction of sp³-hybridized carbons (Fsp3) is 0.0714. The van der Waals surface area contributed by atoms with E-state index in [1.54, 1.807) is 0 Å². The average Bonchev–Trinajstić information content (AvgIpc) is 2.94. The van der Waals surface area contributed by atoms with Crippen LogP contribution >= 0.6 is 0 Å². The highest BCUT2D eigenvalue weighted by Crippen LogP contribution is 2.39. The Morgan fingerprint density at radius 3 is 2.60 bits per heavy atom. The molecule has 0 aliphatic carbocycles. The number of hydrogen-bond acceptors (Lipinski definition) is 7. The number of pyridine rings is 1. The molecular formula is C14H10FN5O5. The molecule has 0 saturated carbocycles. The maximum absolute atomic E-state index is 13.4. The van der Waals surface area contributed by atoms with Gasteiger partial charge in [0.15, 0.2) is 11.6 Å². The van der Waals surface area contributed by atoms with Crippen molar-refractivity contribution >= 4 is 5.69 Å². The van der Waals surface area contributed by atoms with Gasteiger partial charge in [0.2, 0.25) is 11.6 Å². The van der Waals surface area contributed by atoms with E-state index < -0.39 is 28.1 Å². The zero-order valence-corrected chi connectivity index (χ0v) is 12.6. The molecule has 0 radical (unpaired) electrons. The molecular weight excluding hydrogens is 337 g/mol. The van der Waals surface area contributed by atoms with Crippen LogP contribution in [0.25, 0.3) is 22.9 Å². The van der Waals surface area contributed by atoms with Crippen molar-refractivity contribution < 1.29 is 24.3 Å². The van der Waals surface area contributed by atoms with E-state index in [1.807, 2.05) is 0 Å². The van der Waals surface area contributed by atoms with Gasteiger partial charge in [-0.1, -0.05) is 0 Å². The van der Waals surface area contributed by atoms with Gasteiger partial charge in [-0.3, -0.25) is 10.1 Å². The largest absolute Gasteiger partial charge is 0.616 e. The molecule has 0 aliphatic rings. The van der Waals surface area contributed by atoms with Gasteiger partial charge in [0, 0.05) is 30.8 Å². The fourth-order valence-electron chi connectivity index (χ4n) is 2.31. The van der Waals surface area contributed by atoms with Gasteiger partial charge in [-0.05, 0) is 12.1 Å². The summed E-state index contributed by atoms with van der Waals surface area (Å²) in [6.07, 6.45) is 0. The third-order valence-corrected chi connectivity index (χ3v) is 3.53. The van der Waals surface area contributed by atoms with Crippen LogP contribution in [0.15, 0.2) is 30.3 Å². The molecule has 0 saturated heterocycles. The second-order valence-electron chi connectivity index (χ2n) is 5.05. The van der Waals surface area contributed by atoms with Gasteiger partial charge < -0.3 is 20.0 Å². The highest BCUT2D eigenvalue weighted by atomic mass is 19.1. The lowest BCUT2D eigenvalue weighted by atomic mass is 10.1. The summed E-state index contributed by atoms with van der Waals surface area (Å²) in [5, 5.41) is 49.6. The quantitative estimate of drug-likeness (QED) is 0.181. The topological polar surface area (TPSA) is 141 Å². The Bertz CT molecular complexity index is 1000. The van der Waals surface area contributed by atoms with Crippen LogP contribution in [0.2, 0.25) is 0 Å².